The van der Waals surface area contributed by atoms with E-state index in [0.717, 1.165) is 0 Å². The van der Waals surface area contributed by atoms with Gasteiger partial charge in [-0.15, -0.1) is 0 Å². The van der Waals surface area contributed by atoms with Gasteiger partial charge in [-0.05, 0) is 18.2 Å². The second-order valence-corrected chi connectivity index (χ2v) is 6.21. The Hall–Kier alpha value is -1.12. The molecule has 0 aliphatic heterocycles. The minimum atomic E-state index is -3.65. The van der Waals surface area contributed by atoms with Crippen molar-refractivity contribution in [2.45, 2.75) is 11.8 Å². The molecule has 4 N–H and O–H groups in total. The van der Waals surface area contributed by atoms with Crippen molar-refractivity contribution in [3.63, 3.8) is 0 Å². The topological polar surface area (TPSA) is 101 Å². The molecule has 0 saturated carbocycles. The molecule has 0 bridgehead atoms. The van der Waals surface area contributed by atoms with Crippen molar-refractivity contribution in [1.29, 1.82) is 0 Å². The predicted octanol–water partition coefficient (Wildman–Crippen LogP) is 0.446. The van der Waals surface area contributed by atoms with E-state index in [1.165, 1.54) is 19.1 Å². The number of nitrogen functional groups attached to an aromatic ring is 1. The van der Waals surface area contributed by atoms with E-state index in [0.29, 0.717) is 4.47 Å². The minimum absolute atomic E-state index is 0.0218. The molecule has 1 amide bonds. The van der Waals surface area contributed by atoms with E-state index < -0.39 is 10.0 Å². The Morgan fingerprint density at radius 2 is 2.06 bits per heavy atom. The van der Waals surface area contributed by atoms with Crippen LogP contribution in [-0.2, 0) is 14.8 Å². The van der Waals surface area contributed by atoms with Gasteiger partial charge in [-0.25, -0.2) is 13.1 Å². The van der Waals surface area contributed by atoms with Crippen LogP contribution in [0.15, 0.2) is 27.6 Å². The van der Waals surface area contributed by atoms with Crippen molar-refractivity contribution in [3.05, 3.63) is 22.7 Å². The van der Waals surface area contributed by atoms with Gasteiger partial charge < -0.3 is 11.1 Å². The van der Waals surface area contributed by atoms with Gasteiger partial charge in [0.2, 0.25) is 15.9 Å². The summed E-state index contributed by atoms with van der Waals surface area (Å²) in [6.07, 6.45) is 0. The summed E-state index contributed by atoms with van der Waals surface area (Å²) >= 11 is 3.20. The number of hydrogen-bond donors (Lipinski definition) is 3. The Labute approximate surface area is 114 Å². The summed E-state index contributed by atoms with van der Waals surface area (Å²) in [5.74, 6) is -0.211. The molecule has 0 aliphatic rings. The predicted molar refractivity (Wildman–Crippen MR) is 72.4 cm³/mol. The van der Waals surface area contributed by atoms with Crippen molar-refractivity contribution in [1.82, 2.24) is 10.0 Å². The van der Waals surface area contributed by atoms with Crippen LogP contribution >= 0.6 is 15.9 Å². The third-order valence-electron chi connectivity index (χ3n) is 2.05. The van der Waals surface area contributed by atoms with E-state index in [1.54, 1.807) is 6.07 Å². The van der Waals surface area contributed by atoms with Gasteiger partial charge >= 0.3 is 0 Å². The van der Waals surface area contributed by atoms with Crippen LogP contribution in [0.5, 0.6) is 0 Å². The van der Waals surface area contributed by atoms with Crippen LogP contribution < -0.4 is 15.8 Å². The first kappa shape index (κ1) is 14.9. The highest BCUT2D eigenvalue weighted by Gasteiger charge is 2.16. The van der Waals surface area contributed by atoms with E-state index in [2.05, 4.69) is 26.0 Å². The molecule has 100 valence electrons. The van der Waals surface area contributed by atoms with Gasteiger partial charge in [0.1, 0.15) is 4.90 Å². The van der Waals surface area contributed by atoms with Crippen LogP contribution in [0.25, 0.3) is 0 Å². The number of nitrogens with one attached hydrogen (secondary N) is 2. The summed E-state index contributed by atoms with van der Waals surface area (Å²) in [7, 11) is -3.65. The SMILES string of the molecule is CC(=O)NCCNS(=O)(=O)c1ccc(Br)cc1N. The van der Waals surface area contributed by atoms with Gasteiger partial charge in [0, 0.05) is 24.5 Å². The number of amides is 1. The zero-order valence-corrected chi connectivity index (χ0v) is 12.1. The highest BCUT2D eigenvalue weighted by atomic mass is 79.9. The van der Waals surface area contributed by atoms with Crippen LogP contribution in [-0.4, -0.2) is 27.4 Å². The molecule has 8 heteroatoms. The normalized spacial score (nSPS) is 11.2. The Bertz CT molecular complexity index is 545. The van der Waals surface area contributed by atoms with Crippen LogP contribution in [0.4, 0.5) is 5.69 Å². The van der Waals surface area contributed by atoms with Gasteiger partial charge in [0.05, 0.1) is 5.69 Å². The standard InChI is InChI=1S/C10H14BrN3O3S/c1-7(15)13-4-5-14-18(16,17)10-3-2-8(11)6-9(10)12/h2-3,6,14H,4-5,12H2,1H3,(H,13,15). The van der Waals surface area contributed by atoms with E-state index in [4.69, 9.17) is 5.73 Å². The number of sulfonamides is 1. The van der Waals surface area contributed by atoms with Gasteiger partial charge in [-0.1, -0.05) is 15.9 Å². The molecule has 0 aliphatic carbocycles. The quantitative estimate of drug-likeness (QED) is 0.537. The Kier molecular flexibility index (Phi) is 5.12. The molecule has 0 unspecified atom stereocenters. The summed E-state index contributed by atoms with van der Waals surface area (Å²) < 4.78 is 26.8. The maximum atomic E-state index is 11.9. The molecule has 0 atom stereocenters. The molecule has 0 aromatic heterocycles. The second-order valence-electron chi connectivity index (χ2n) is 3.56. The largest absolute Gasteiger partial charge is 0.398 e. The molecule has 6 nitrogen and oxygen atoms in total. The summed E-state index contributed by atoms with van der Waals surface area (Å²) in [6, 6.07) is 4.53. The number of rotatable bonds is 5. The molecule has 1 aromatic carbocycles. The number of halogens is 1. The maximum absolute atomic E-state index is 11.9. The first-order valence-electron chi connectivity index (χ1n) is 5.12. The van der Waals surface area contributed by atoms with Crippen molar-refractivity contribution in [3.8, 4) is 0 Å². The van der Waals surface area contributed by atoms with Crippen molar-refractivity contribution in [2.24, 2.45) is 0 Å². The molecular weight excluding hydrogens is 322 g/mol. The number of carbonyl (C=O) groups excluding carboxylic acids is 1. The molecular formula is C10H14BrN3O3S. The van der Waals surface area contributed by atoms with Gasteiger partial charge in [-0.3, -0.25) is 4.79 Å². The lowest BCUT2D eigenvalue weighted by atomic mass is 10.3. The molecule has 0 saturated heterocycles. The lowest BCUT2D eigenvalue weighted by molar-refractivity contribution is -0.118. The molecule has 0 radical (unpaired) electrons. The third kappa shape index (κ3) is 4.28. The number of anilines is 1. The molecule has 0 fully saturated rings. The summed E-state index contributed by atoms with van der Waals surface area (Å²) in [4.78, 5) is 10.6. The minimum Gasteiger partial charge on any atom is -0.398 e. The molecule has 1 rings (SSSR count). The van der Waals surface area contributed by atoms with E-state index >= 15 is 0 Å². The van der Waals surface area contributed by atoms with Crippen LogP contribution in [0, 0.1) is 0 Å². The molecule has 0 spiro atoms. The zero-order valence-electron chi connectivity index (χ0n) is 9.73. The highest BCUT2D eigenvalue weighted by Crippen LogP contribution is 2.22. The Balaban J connectivity index is 2.71. The average Bonchev–Trinajstić information content (AvgIpc) is 2.23. The van der Waals surface area contributed by atoms with E-state index in [1.807, 2.05) is 0 Å². The average molecular weight is 336 g/mol. The van der Waals surface area contributed by atoms with Crippen LogP contribution in [0.2, 0.25) is 0 Å². The maximum Gasteiger partial charge on any atom is 0.242 e. The van der Waals surface area contributed by atoms with E-state index in [9.17, 15) is 13.2 Å². The van der Waals surface area contributed by atoms with Gasteiger partial charge in [-0.2, -0.15) is 0 Å². The molecule has 1 aromatic rings. The summed E-state index contributed by atoms with van der Waals surface area (Å²) in [5, 5.41) is 2.49. The first-order valence-corrected chi connectivity index (χ1v) is 7.39. The molecule has 0 heterocycles. The third-order valence-corrected chi connectivity index (χ3v) is 4.08. The fourth-order valence-corrected chi connectivity index (χ4v) is 2.79. The fourth-order valence-electron chi connectivity index (χ4n) is 1.27. The van der Waals surface area contributed by atoms with Crippen LogP contribution in [0.3, 0.4) is 0 Å². The highest BCUT2D eigenvalue weighted by molar-refractivity contribution is 9.10. The number of carbonyl (C=O) groups is 1. The van der Waals surface area contributed by atoms with Gasteiger partial charge in [0.15, 0.2) is 0 Å². The van der Waals surface area contributed by atoms with Crippen LogP contribution in [0.1, 0.15) is 6.92 Å². The number of benzene rings is 1. The fraction of sp³-hybridized carbons (Fsp3) is 0.300. The Morgan fingerprint density at radius 1 is 1.39 bits per heavy atom. The zero-order chi connectivity index (χ0) is 13.8. The van der Waals surface area contributed by atoms with Gasteiger partial charge in [0.25, 0.3) is 0 Å². The van der Waals surface area contributed by atoms with E-state index in [-0.39, 0.29) is 29.6 Å². The Morgan fingerprint density at radius 3 is 2.61 bits per heavy atom. The second kappa shape index (κ2) is 6.17. The summed E-state index contributed by atoms with van der Waals surface area (Å²) in [6.45, 7) is 1.70. The lowest BCUT2D eigenvalue weighted by Gasteiger charge is -2.09. The van der Waals surface area contributed by atoms with Crippen molar-refractivity contribution >= 4 is 37.5 Å². The molecule has 18 heavy (non-hydrogen) atoms. The van der Waals surface area contributed by atoms with Crippen molar-refractivity contribution in [2.75, 3.05) is 18.8 Å². The van der Waals surface area contributed by atoms with Crippen molar-refractivity contribution < 1.29 is 13.2 Å². The first-order chi connectivity index (χ1) is 8.33. The summed E-state index contributed by atoms with van der Waals surface area (Å²) in [5.41, 5.74) is 5.80. The number of nitrogens with two attached hydrogens (primary N) is 1. The monoisotopic (exact) mass is 335 g/mol. The smallest absolute Gasteiger partial charge is 0.242 e. The lowest BCUT2D eigenvalue weighted by Crippen LogP contribution is -2.33. The number of hydrogen-bond acceptors (Lipinski definition) is 4.